The molecule has 1 aliphatic rings. The molecule has 1 fully saturated rings. The number of aromatic nitrogens is 1. The van der Waals surface area contributed by atoms with Gasteiger partial charge in [-0.05, 0) is 13.0 Å². The summed E-state index contributed by atoms with van der Waals surface area (Å²) < 4.78 is 26.4. The SMILES string of the molecule is CC1CNCCN1S(=O)(=O)c1cc(Cl)cnc1N. The Bertz CT molecular complexity index is 549. The molecule has 18 heavy (non-hydrogen) atoms. The van der Waals surface area contributed by atoms with Crippen molar-refractivity contribution in [2.75, 3.05) is 25.4 Å². The van der Waals surface area contributed by atoms with E-state index in [0.717, 1.165) is 0 Å². The number of nitrogen functional groups attached to an aromatic ring is 1. The molecule has 1 unspecified atom stereocenters. The number of nitrogens with zero attached hydrogens (tertiary/aromatic N) is 2. The lowest BCUT2D eigenvalue weighted by Crippen LogP contribution is -2.52. The number of nitrogens with two attached hydrogens (primary N) is 1. The van der Waals surface area contributed by atoms with Crippen LogP contribution in [0.1, 0.15) is 6.92 Å². The van der Waals surface area contributed by atoms with Crippen molar-refractivity contribution in [2.45, 2.75) is 17.9 Å². The van der Waals surface area contributed by atoms with Crippen LogP contribution in [0.5, 0.6) is 0 Å². The van der Waals surface area contributed by atoms with Crippen molar-refractivity contribution in [3.8, 4) is 0 Å². The van der Waals surface area contributed by atoms with Gasteiger partial charge in [-0.3, -0.25) is 0 Å². The summed E-state index contributed by atoms with van der Waals surface area (Å²) in [4.78, 5) is 3.76. The van der Waals surface area contributed by atoms with E-state index in [1.807, 2.05) is 6.92 Å². The summed E-state index contributed by atoms with van der Waals surface area (Å²) in [6, 6.07) is 1.22. The molecule has 0 bridgehead atoms. The van der Waals surface area contributed by atoms with Gasteiger partial charge < -0.3 is 11.1 Å². The fourth-order valence-corrected chi connectivity index (χ4v) is 3.89. The van der Waals surface area contributed by atoms with Crippen LogP contribution in [-0.2, 0) is 10.0 Å². The van der Waals surface area contributed by atoms with Crippen LogP contribution in [0.25, 0.3) is 0 Å². The monoisotopic (exact) mass is 290 g/mol. The van der Waals surface area contributed by atoms with Crippen molar-refractivity contribution in [2.24, 2.45) is 0 Å². The average molecular weight is 291 g/mol. The van der Waals surface area contributed by atoms with Crippen LogP contribution in [-0.4, -0.2) is 43.4 Å². The van der Waals surface area contributed by atoms with Gasteiger partial charge in [-0.15, -0.1) is 0 Å². The summed E-state index contributed by atoms with van der Waals surface area (Å²) in [6.45, 7) is 3.50. The lowest BCUT2D eigenvalue weighted by molar-refractivity contribution is 0.284. The number of pyridine rings is 1. The Labute approximate surface area is 111 Å². The van der Waals surface area contributed by atoms with Crippen molar-refractivity contribution >= 4 is 27.4 Å². The Kier molecular flexibility index (Phi) is 3.76. The Hall–Kier alpha value is -0.890. The van der Waals surface area contributed by atoms with E-state index in [1.54, 1.807) is 0 Å². The van der Waals surface area contributed by atoms with Gasteiger partial charge in [-0.25, -0.2) is 13.4 Å². The van der Waals surface area contributed by atoms with Crippen LogP contribution < -0.4 is 11.1 Å². The molecule has 100 valence electrons. The first-order valence-corrected chi connectivity index (χ1v) is 7.38. The Morgan fingerprint density at radius 1 is 1.61 bits per heavy atom. The second-order valence-electron chi connectivity index (χ2n) is 4.21. The topological polar surface area (TPSA) is 88.3 Å². The van der Waals surface area contributed by atoms with Gasteiger partial charge in [-0.2, -0.15) is 4.31 Å². The fraction of sp³-hybridized carbons (Fsp3) is 0.500. The highest BCUT2D eigenvalue weighted by Crippen LogP contribution is 2.25. The summed E-state index contributed by atoms with van der Waals surface area (Å²) in [5.41, 5.74) is 5.64. The molecule has 0 radical (unpaired) electrons. The predicted octanol–water partition coefficient (Wildman–Crippen LogP) is 0.300. The molecule has 0 aliphatic carbocycles. The first-order chi connectivity index (χ1) is 8.43. The van der Waals surface area contributed by atoms with Gasteiger partial charge in [0.25, 0.3) is 0 Å². The van der Waals surface area contributed by atoms with Crippen LogP contribution in [0.4, 0.5) is 5.82 Å². The molecule has 2 heterocycles. The standard InChI is InChI=1S/C10H15ClN4O2S/c1-7-5-13-2-3-15(7)18(16,17)9-4-8(11)6-14-10(9)12/h4,6-7,13H,2-3,5H2,1H3,(H2,12,14). The number of rotatable bonds is 2. The number of halogens is 1. The molecule has 1 atom stereocenters. The lowest BCUT2D eigenvalue weighted by Gasteiger charge is -2.32. The van der Waals surface area contributed by atoms with Gasteiger partial charge in [0.1, 0.15) is 10.7 Å². The molecule has 0 spiro atoms. The maximum atomic E-state index is 12.5. The van der Waals surface area contributed by atoms with Crippen LogP contribution >= 0.6 is 11.6 Å². The highest BCUT2D eigenvalue weighted by atomic mass is 35.5. The molecule has 1 aromatic heterocycles. The number of hydrogen-bond acceptors (Lipinski definition) is 5. The number of anilines is 1. The lowest BCUT2D eigenvalue weighted by atomic mass is 10.3. The molecule has 6 nitrogen and oxygen atoms in total. The number of sulfonamides is 1. The van der Waals surface area contributed by atoms with Crippen molar-refractivity contribution in [1.82, 2.24) is 14.6 Å². The zero-order valence-corrected chi connectivity index (χ0v) is 11.5. The molecule has 1 aliphatic heterocycles. The van der Waals surface area contributed by atoms with Gasteiger partial charge in [0.15, 0.2) is 0 Å². The van der Waals surface area contributed by atoms with E-state index in [4.69, 9.17) is 17.3 Å². The molecule has 2 rings (SSSR count). The highest BCUT2D eigenvalue weighted by molar-refractivity contribution is 7.89. The third-order valence-electron chi connectivity index (χ3n) is 2.88. The van der Waals surface area contributed by atoms with Crippen LogP contribution in [0.3, 0.4) is 0 Å². The van der Waals surface area contributed by atoms with Crippen LogP contribution in [0, 0.1) is 0 Å². The quantitative estimate of drug-likeness (QED) is 0.818. The summed E-state index contributed by atoms with van der Waals surface area (Å²) in [6.07, 6.45) is 1.33. The van der Waals surface area contributed by atoms with E-state index in [1.165, 1.54) is 16.6 Å². The van der Waals surface area contributed by atoms with Gasteiger partial charge >= 0.3 is 0 Å². The van der Waals surface area contributed by atoms with Crippen LogP contribution in [0.2, 0.25) is 5.02 Å². The Morgan fingerprint density at radius 2 is 2.33 bits per heavy atom. The first kappa shape index (κ1) is 13.5. The normalized spacial score (nSPS) is 22.0. The summed E-state index contributed by atoms with van der Waals surface area (Å²) in [5.74, 6) is -0.0230. The largest absolute Gasteiger partial charge is 0.383 e. The van der Waals surface area contributed by atoms with Crippen molar-refractivity contribution in [1.29, 1.82) is 0 Å². The number of nitrogens with one attached hydrogen (secondary N) is 1. The maximum Gasteiger partial charge on any atom is 0.247 e. The second kappa shape index (κ2) is 5.00. The molecule has 1 saturated heterocycles. The summed E-state index contributed by atoms with van der Waals surface area (Å²) in [5, 5.41) is 3.39. The van der Waals surface area contributed by atoms with E-state index in [9.17, 15) is 8.42 Å². The van der Waals surface area contributed by atoms with Gasteiger partial charge in [0.05, 0.1) is 5.02 Å². The molecule has 0 saturated carbocycles. The highest BCUT2D eigenvalue weighted by Gasteiger charge is 2.32. The van der Waals surface area contributed by atoms with E-state index in [-0.39, 0.29) is 21.8 Å². The average Bonchev–Trinajstić information content (AvgIpc) is 2.32. The fourth-order valence-electron chi connectivity index (χ4n) is 1.94. The van der Waals surface area contributed by atoms with Crippen LogP contribution in [0.15, 0.2) is 17.2 Å². The van der Waals surface area contributed by atoms with Crippen molar-refractivity contribution in [3.05, 3.63) is 17.3 Å². The number of hydrogen-bond donors (Lipinski definition) is 2. The number of piperazine rings is 1. The summed E-state index contributed by atoms with van der Waals surface area (Å²) in [7, 11) is -3.64. The zero-order valence-electron chi connectivity index (χ0n) is 9.93. The molecule has 0 aromatic carbocycles. The Morgan fingerprint density at radius 3 is 3.00 bits per heavy atom. The molecule has 3 N–H and O–H groups in total. The third-order valence-corrected chi connectivity index (χ3v) is 5.12. The minimum atomic E-state index is -3.64. The molecule has 0 amide bonds. The molecule has 8 heteroatoms. The van der Waals surface area contributed by atoms with E-state index in [2.05, 4.69) is 10.3 Å². The minimum Gasteiger partial charge on any atom is -0.383 e. The third kappa shape index (κ3) is 2.44. The molecular weight excluding hydrogens is 276 g/mol. The van der Waals surface area contributed by atoms with Gasteiger partial charge in [0.2, 0.25) is 10.0 Å². The molecule has 1 aromatic rings. The maximum absolute atomic E-state index is 12.5. The van der Waals surface area contributed by atoms with Gasteiger partial charge in [0, 0.05) is 31.9 Å². The molecular formula is C10H15ClN4O2S. The summed E-state index contributed by atoms with van der Waals surface area (Å²) >= 11 is 5.78. The van der Waals surface area contributed by atoms with E-state index >= 15 is 0 Å². The van der Waals surface area contributed by atoms with Gasteiger partial charge in [-0.1, -0.05) is 11.6 Å². The van der Waals surface area contributed by atoms with E-state index < -0.39 is 10.0 Å². The first-order valence-electron chi connectivity index (χ1n) is 5.56. The second-order valence-corrected chi connectivity index (χ2v) is 6.50. The predicted molar refractivity (Wildman–Crippen MR) is 69.9 cm³/mol. The van der Waals surface area contributed by atoms with Crippen molar-refractivity contribution < 1.29 is 8.42 Å². The van der Waals surface area contributed by atoms with Crippen molar-refractivity contribution in [3.63, 3.8) is 0 Å². The zero-order chi connectivity index (χ0) is 13.3. The minimum absolute atomic E-state index is 0.0230. The Balaban J connectivity index is 2.44. The smallest absolute Gasteiger partial charge is 0.247 e. The van der Waals surface area contributed by atoms with E-state index in [0.29, 0.717) is 19.6 Å².